The van der Waals surface area contributed by atoms with Crippen molar-refractivity contribution in [2.75, 3.05) is 37.5 Å². The van der Waals surface area contributed by atoms with Gasteiger partial charge in [-0.2, -0.15) is 0 Å². The van der Waals surface area contributed by atoms with Crippen LogP contribution >= 0.6 is 0 Å². The number of piperidine rings is 1. The molecule has 0 aliphatic carbocycles. The van der Waals surface area contributed by atoms with Gasteiger partial charge in [-0.1, -0.05) is 0 Å². The first kappa shape index (κ1) is 14.5. The van der Waals surface area contributed by atoms with Gasteiger partial charge in [-0.25, -0.2) is 10.8 Å². The van der Waals surface area contributed by atoms with E-state index in [1.54, 1.807) is 0 Å². The van der Waals surface area contributed by atoms with E-state index in [-0.39, 0.29) is 5.69 Å². The number of rotatable bonds is 4. The number of aromatic nitrogens is 1. The second-order valence-electron chi connectivity index (χ2n) is 5.14. The number of anilines is 2. The fourth-order valence-electron chi connectivity index (χ4n) is 2.50. The lowest BCUT2D eigenvalue weighted by atomic mass is 10.1. The van der Waals surface area contributed by atoms with E-state index >= 15 is 0 Å². The number of hydrogen-bond donors (Lipinski definition) is 2. The van der Waals surface area contributed by atoms with E-state index in [1.807, 2.05) is 11.9 Å². The summed E-state index contributed by atoms with van der Waals surface area (Å²) in [5.41, 5.74) is 2.36. The molecule has 1 unspecified atom stereocenters. The van der Waals surface area contributed by atoms with Crippen LogP contribution in [0.4, 0.5) is 17.3 Å². The van der Waals surface area contributed by atoms with E-state index in [4.69, 9.17) is 5.84 Å². The van der Waals surface area contributed by atoms with E-state index < -0.39 is 4.92 Å². The van der Waals surface area contributed by atoms with Crippen LogP contribution in [-0.2, 0) is 0 Å². The minimum atomic E-state index is -0.438. The average molecular weight is 280 g/mol. The number of nitrogens with two attached hydrogens (primary N) is 1. The first-order valence-electron chi connectivity index (χ1n) is 6.55. The second kappa shape index (κ2) is 6.02. The number of nitrogens with zero attached hydrogens (tertiary/aromatic N) is 4. The molecule has 1 aromatic rings. The third-order valence-electron chi connectivity index (χ3n) is 3.66. The van der Waals surface area contributed by atoms with E-state index in [9.17, 15) is 10.1 Å². The molecule has 110 valence electrons. The minimum Gasteiger partial charge on any atom is -0.355 e. The van der Waals surface area contributed by atoms with Crippen LogP contribution in [0.3, 0.4) is 0 Å². The van der Waals surface area contributed by atoms with Gasteiger partial charge in [-0.05, 0) is 26.4 Å². The van der Waals surface area contributed by atoms with Crippen molar-refractivity contribution in [2.24, 2.45) is 5.84 Å². The van der Waals surface area contributed by atoms with Gasteiger partial charge in [0.1, 0.15) is 11.6 Å². The van der Waals surface area contributed by atoms with Crippen molar-refractivity contribution in [3.8, 4) is 0 Å². The van der Waals surface area contributed by atoms with Gasteiger partial charge in [0.2, 0.25) is 0 Å². The van der Waals surface area contributed by atoms with E-state index in [0.29, 0.717) is 17.7 Å². The minimum absolute atomic E-state index is 0.0148. The van der Waals surface area contributed by atoms with E-state index in [1.165, 1.54) is 12.1 Å². The summed E-state index contributed by atoms with van der Waals surface area (Å²) in [6.07, 6.45) is 2.17. The van der Waals surface area contributed by atoms with Crippen LogP contribution in [-0.4, -0.2) is 48.0 Å². The monoisotopic (exact) mass is 280 g/mol. The molecule has 20 heavy (non-hydrogen) atoms. The summed E-state index contributed by atoms with van der Waals surface area (Å²) in [4.78, 5) is 19.1. The van der Waals surface area contributed by atoms with Crippen molar-refractivity contribution >= 4 is 17.3 Å². The molecule has 1 atom stereocenters. The van der Waals surface area contributed by atoms with Gasteiger partial charge in [0, 0.05) is 19.6 Å². The summed E-state index contributed by atoms with van der Waals surface area (Å²) in [7, 11) is 3.99. The maximum absolute atomic E-state index is 11.0. The largest absolute Gasteiger partial charge is 0.355 e. The van der Waals surface area contributed by atoms with Gasteiger partial charge in [-0.3, -0.25) is 10.1 Å². The van der Waals surface area contributed by atoms with Crippen LogP contribution in [0.15, 0.2) is 12.1 Å². The fraction of sp³-hybridized carbons (Fsp3) is 0.583. The predicted molar refractivity (Wildman–Crippen MR) is 77.6 cm³/mol. The van der Waals surface area contributed by atoms with Gasteiger partial charge < -0.3 is 15.2 Å². The Kier molecular flexibility index (Phi) is 4.35. The first-order valence-corrected chi connectivity index (χ1v) is 6.55. The standard InChI is InChI=1S/C12H20N6O2/c1-16-5-3-4-9(8-16)17(2)12-7-10(18(19)20)6-11(14-12)15-13/h6-7,9H,3-5,8,13H2,1-2H3,(H,14,15). The molecular formula is C12H20N6O2. The number of nitro groups is 1. The average Bonchev–Trinajstić information content (AvgIpc) is 2.45. The first-order chi connectivity index (χ1) is 9.51. The smallest absolute Gasteiger partial charge is 0.276 e. The van der Waals surface area contributed by atoms with Crippen LogP contribution in [0.25, 0.3) is 0 Å². The van der Waals surface area contributed by atoms with Crippen molar-refractivity contribution in [3.05, 3.63) is 22.2 Å². The normalized spacial score (nSPS) is 19.6. The third kappa shape index (κ3) is 3.14. The van der Waals surface area contributed by atoms with Gasteiger partial charge in [0.25, 0.3) is 5.69 Å². The summed E-state index contributed by atoms with van der Waals surface area (Å²) in [5.74, 6) is 6.19. The lowest BCUT2D eigenvalue weighted by molar-refractivity contribution is -0.384. The number of nitrogen functional groups attached to an aromatic ring is 1. The zero-order chi connectivity index (χ0) is 14.7. The zero-order valence-corrected chi connectivity index (χ0v) is 11.7. The number of likely N-dealkylation sites (N-methyl/N-ethyl adjacent to an activating group) is 2. The highest BCUT2D eigenvalue weighted by Crippen LogP contribution is 2.25. The molecule has 2 rings (SSSR count). The Labute approximate surface area is 117 Å². The molecule has 0 spiro atoms. The van der Waals surface area contributed by atoms with E-state index in [2.05, 4.69) is 22.4 Å². The highest BCUT2D eigenvalue weighted by molar-refractivity contribution is 5.55. The number of likely N-dealkylation sites (tertiary alicyclic amines) is 1. The third-order valence-corrected chi connectivity index (χ3v) is 3.66. The Balaban J connectivity index is 2.26. The molecule has 1 saturated heterocycles. The zero-order valence-electron chi connectivity index (χ0n) is 11.7. The molecule has 0 bridgehead atoms. The molecular weight excluding hydrogens is 260 g/mol. The molecule has 0 amide bonds. The molecule has 1 aromatic heterocycles. The molecule has 1 fully saturated rings. The molecule has 3 N–H and O–H groups in total. The Bertz CT molecular complexity index is 495. The summed E-state index contributed by atoms with van der Waals surface area (Å²) in [6.45, 7) is 2.01. The highest BCUT2D eigenvalue weighted by Gasteiger charge is 2.23. The van der Waals surface area contributed by atoms with Crippen molar-refractivity contribution in [2.45, 2.75) is 18.9 Å². The molecule has 1 aliphatic rings. The molecule has 0 radical (unpaired) electrons. The number of hydrogen-bond acceptors (Lipinski definition) is 7. The Hall–Kier alpha value is -1.93. The second-order valence-corrected chi connectivity index (χ2v) is 5.14. The van der Waals surface area contributed by atoms with Crippen molar-refractivity contribution in [1.29, 1.82) is 0 Å². The molecule has 0 aromatic carbocycles. The molecule has 8 nitrogen and oxygen atoms in total. The van der Waals surface area contributed by atoms with E-state index in [0.717, 1.165) is 25.9 Å². The summed E-state index contributed by atoms with van der Waals surface area (Å²) in [6, 6.07) is 3.11. The summed E-state index contributed by atoms with van der Waals surface area (Å²) < 4.78 is 0. The maximum Gasteiger partial charge on any atom is 0.276 e. The topological polar surface area (TPSA) is 101 Å². The Morgan fingerprint density at radius 3 is 2.95 bits per heavy atom. The maximum atomic E-state index is 11.0. The SMILES string of the molecule is CN1CCCC(N(C)c2cc([N+](=O)[O-])cc(NN)n2)C1. The van der Waals surface area contributed by atoms with Crippen LogP contribution in [0.2, 0.25) is 0 Å². The van der Waals surface area contributed by atoms with Crippen LogP contribution in [0, 0.1) is 10.1 Å². The fourth-order valence-corrected chi connectivity index (χ4v) is 2.50. The van der Waals surface area contributed by atoms with Crippen molar-refractivity contribution < 1.29 is 4.92 Å². The lowest BCUT2D eigenvalue weighted by Crippen LogP contribution is -2.45. The lowest BCUT2D eigenvalue weighted by Gasteiger charge is -2.36. The Morgan fingerprint density at radius 1 is 1.60 bits per heavy atom. The van der Waals surface area contributed by atoms with Gasteiger partial charge in [0.05, 0.1) is 17.1 Å². The quantitative estimate of drug-likeness (QED) is 0.478. The molecule has 2 heterocycles. The summed E-state index contributed by atoms with van der Waals surface area (Å²) >= 11 is 0. The van der Waals surface area contributed by atoms with Crippen LogP contribution in [0.1, 0.15) is 12.8 Å². The number of nitrogens with one attached hydrogen (secondary N) is 1. The summed E-state index contributed by atoms with van der Waals surface area (Å²) in [5, 5.41) is 11.0. The number of pyridine rings is 1. The Morgan fingerprint density at radius 2 is 2.35 bits per heavy atom. The van der Waals surface area contributed by atoms with Crippen LogP contribution in [0.5, 0.6) is 0 Å². The van der Waals surface area contributed by atoms with Gasteiger partial charge in [0.15, 0.2) is 0 Å². The molecule has 8 heteroatoms. The van der Waals surface area contributed by atoms with Crippen molar-refractivity contribution in [3.63, 3.8) is 0 Å². The number of hydrazine groups is 1. The van der Waals surface area contributed by atoms with Crippen molar-refractivity contribution in [1.82, 2.24) is 9.88 Å². The molecule has 1 aliphatic heterocycles. The van der Waals surface area contributed by atoms with Gasteiger partial charge in [-0.15, -0.1) is 0 Å². The molecule has 0 saturated carbocycles. The van der Waals surface area contributed by atoms with Crippen LogP contribution < -0.4 is 16.2 Å². The van der Waals surface area contributed by atoms with Gasteiger partial charge >= 0.3 is 0 Å². The predicted octanol–water partition coefficient (Wildman–Crippen LogP) is 0.806. The highest BCUT2D eigenvalue weighted by atomic mass is 16.6.